The molecule has 8 heteroatoms. The van der Waals surface area contributed by atoms with Crippen LogP contribution in [0.1, 0.15) is 39.0 Å². The van der Waals surface area contributed by atoms with Crippen molar-refractivity contribution >= 4 is 18.2 Å². The smallest absolute Gasteiger partial charge is 0.334 e. The van der Waals surface area contributed by atoms with Crippen molar-refractivity contribution in [2.24, 2.45) is 33.4 Å². The van der Waals surface area contributed by atoms with E-state index in [9.17, 15) is 19.8 Å². The zero-order chi connectivity index (χ0) is 21.7. The molecule has 0 aromatic rings. The number of carboxylic acid groups (broad SMARTS) is 1. The second kappa shape index (κ2) is 7.20. The summed E-state index contributed by atoms with van der Waals surface area (Å²) in [5.74, 6) is -0.262. The third-order valence-corrected chi connectivity index (χ3v) is 8.29. The fourth-order valence-corrected chi connectivity index (χ4v) is 7.09. The summed E-state index contributed by atoms with van der Waals surface area (Å²) in [6, 6.07) is 0. The molecule has 2 spiro atoms. The van der Waals surface area contributed by atoms with Gasteiger partial charge in [0.1, 0.15) is 0 Å². The van der Waals surface area contributed by atoms with Crippen molar-refractivity contribution in [3.05, 3.63) is 23.4 Å². The van der Waals surface area contributed by atoms with Gasteiger partial charge in [-0.15, -0.1) is 0 Å². The van der Waals surface area contributed by atoms with Crippen LogP contribution in [0.15, 0.2) is 28.4 Å². The van der Waals surface area contributed by atoms with Crippen LogP contribution in [0.4, 0.5) is 0 Å². The van der Waals surface area contributed by atoms with E-state index in [1.54, 1.807) is 0 Å². The van der Waals surface area contributed by atoms with Gasteiger partial charge in [-0.2, -0.15) is 0 Å². The topological polar surface area (TPSA) is 128 Å². The predicted octanol–water partition coefficient (Wildman–Crippen LogP) is 0.877. The summed E-state index contributed by atoms with van der Waals surface area (Å²) in [5.41, 5.74) is 4.29. The molecule has 8 nitrogen and oxygen atoms in total. The number of rotatable bonds is 5. The highest BCUT2D eigenvalue weighted by Gasteiger charge is 2.73. The normalized spacial score (nSPS) is 40.2. The molecule has 2 bridgehead atoms. The van der Waals surface area contributed by atoms with Gasteiger partial charge in [-0.1, -0.05) is 13.0 Å². The Balaban J connectivity index is 1.80. The highest BCUT2D eigenvalue weighted by Crippen LogP contribution is 2.75. The van der Waals surface area contributed by atoms with Gasteiger partial charge >= 0.3 is 5.97 Å². The van der Waals surface area contributed by atoms with Crippen LogP contribution < -0.4 is 11.1 Å². The fourth-order valence-electron chi connectivity index (χ4n) is 7.09. The number of aldehydes is 1. The van der Waals surface area contributed by atoms with Crippen LogP contribution in [0.3, 0.4) is 0 Å². The number of carboxylic acids is 1. The van der Waals surface area contributed by atoms with Crippen LogP contribution in [-0.2, 0) is 9.59 Å². The highest BCUT2D eigenvalue weighted by molar-refractivity contribution is 5.98. The highest BCUT2D eigenvalue weighted by atomic mass is 16.4. The number of likely N-dealkylation sites (N-methyl/N-ethyl adjacent to an activating group) is 1. The molecule has 5 N–H and O–H groups in total. The first-order valence-corrected chi connectivity index (χ1v) is 10.8. The van der Waals surface area contributed by atoms with E-state index in [-0.39, 0.29) is 23.3 Å². The predicted molar refractivity (Wildman–Crippen MR) is 113 cm³/mol. The summed E-state index contributed by atoms with van der Waals surface area (Å²) < 4.78 is 0. The van der Waals surface area contributed by atoms with E-state index in [4.69, 9.17) is 5.73 Å². The average molecular weight is 417 g/mol. The number of aliphatic carboxylic acids is 1. The number of aliphatic imine (C=N–C) groups is 1. The quantitative estimate of drug-likeness (QED) is 0.227. The third kappa shape index (κ3) is 2.62. The van der Waals surface area contributed by atoms with Crippen molar-refractivity contribution in [2.45, 2.75) is 44.6 Å². The molecule has 2 saturated carbocycles. The summed E-state index contributed by atoms with van der Waals surface area (Å²) in [5, 5.41) is 24.1. The van der Waals surface area contributed by atoms with E-state index in [0.717, 1.165) is 31.4 Å². The zero-order valence-corrected chi connectivity index (χ0v) is 17.7. The SMILES string of the molecule is CNCCN=C(N)N1C=CCC2(C1)C1CCC(C)C23CC(O)(C=O)C(C(=O)O)=C3C1. The minimum Gasteiger partial charge on any atom is -0.478 e. The van der Waals surface area contributed by atoms with Gasteiger partial charge in [0, 0.05) is 30.1 Å². The molecule has 0 saturated heterocycles. The van der Waals surface area contributed by atoms with Crippen LogP contribution in [0, 0.1) is 22.7 Å². The number of aliphatic hydroxyl groups is 1. The molecule has 5 atom stereocenters. The Morgan fingerprint density at radius 1 is 1.47 bits per heavy atom. The number of hydrogen-bond acceptors (Lipinski definition) is 5. The van der Waals surface area contributed by atoms with Gasteiger partial charge in [0.2, 0.25) is 0 Å². The second-order valence-corrected chi connectivity index (χ2v) is 9.44. The number of guanidine groups is 1. The number of nitrogens with one attached hydrogen (secondary N) is 1. The van der Waals surface area contributed by atoms with Crippen molar-refractivity contribution in [3.63, 3.8) is 0 Å². The third-order valence-electron chi connectivity index (χ3n) is 8.29. The van der Waals surface area contributed by atoms with Crippen molar-refractivity contribution < 1.29 is 19.8 Å². The Hall–Kier alpha value is -2.19. The van der Waals surface area contributed by atoms with E-state index < -0.39 is 17.0 Å². The van der Waals surface area contributed by atoms with E-state index in [0.29, 0.717) is 37.7 Å². The second-order valence-electron chi connectivity index (χ2n) is 9.44. The number of carbonyl (C=O) groups is 2. The molecule has 0 aromatic heterocycles. The fraction of sp³-hybridized carbons (Fsp3) is 0.682. The Morgan fingerprint density at radius 3 is 2.90 bits per heavy atom. The van der Waals surface area contributed by atoms with Gasteiger partial charge in [-0.05, 0) is 56.6 Å². The van der Waals surface area contributed by atoms with E-state index >= 15 is 0 Å². The number of allylic oxidation sites excluding steroid dienone is 2. The largest absolute Gasteiger partial charge is 0.478 e. The number of nitrogens with zero attached hydrogens (tertiary/aromatic N) is 2. The summed E-state index contributed by atoms with van der Waals surface area (Å²) in [7, 11) is 1.87. The lowest BCUT2D eigenvalue weighted by molar-refractivity contribution is -0.140. The molecule has 1 aliphatic heterocycles. The molecule has 0 radical (unpaired) electrons. The number of nitrogens with two attached hydrogens (primary N) is 1. The van der Waals surface area contributed by atoms with Crippen molar-refractivity contribution in [3.8, 4) is 0 Å². The summed E-state index contributed by atoms with van der Waals surface area (Å²) in [4.78, 5) is 30.5. The summed E-state index contributed by atoms with van der Waals surface area (Å²) in [6.07, 6.45) is 8.03. The van der Waals surface area contributed by atoms with E-state index in [1.165, 1.54) is 0 Å². The van der Waals surface area contributed by atoms with Crippen LogP contribution in [0.2, 0.25) is 0 Å². The van der Waals surface area contributed by atoms with Crippen LogP contribution in [-0.4, -0.2) is 65.6 Å². The van der Waals surface area contributed by atoms with Gasteiger partial charge in [-0.25, -0.2) is 4.79 Å². The maximum Gasteiger partial charge on any atom is 0.334 e. The lowest BCUT2D eigenvalue weighted by Crippen LogP contribution is -2.57. The minimum absolute atomic E-state index is 0.0788. The van der Waals surface area contributed by atoms with Crippen molar-refractivity contribution in [2.75, 3.05) is 26.7 Å². The summed E-state index contributed by atoms with van der Waals surface area (Å²) in [6.45, 7) is 4.07. The summed E-state index contributed by atoms with van der Waals surface area (Å²) >= 11 is 0. The van der Waals surface area contributed by atoms with Crippen LogP contribution in [0.5, 0.6) is 0 Å². The monoisotopic (exact) mass is 416 g/mol. The maximum atomic E-state index is 12.2. The first-order valence-electron chi connectivity index (χ1n) is 10.8. The Kier molecular flexibility index (Phi) is 5.05. The molecule has 3 aliphatic carbocycles. The zero-order valence-electron chi connectivity index (χ0n) is 17.7. The molecule has 5 unspecified atom stereocenters. The number of carbonyl (C=O) groups excluding carboxylic acids is 1. The van der Waals surface area contributed by atoms with Gasteiger partial charge in [0.25, 0.3) is 0 Å². The Labute approximate surface area is 176 Å². The lowest BCUT2D eigenvalue weighted by atomic mass is 9.49. The molecule has 0 amide bonds. The van der Waals surface area contributed by atoms with Crippen LogP contribution in [0.25, 0.3) is 0 Å². The molecular formula is C22H32N4O4. The molecule has 2 fully saturated rings. The van der Waals surface area contributed by atoms with E-state index in [1.807, 2.05) is 18.1 Å². The Bertz CT molecular complexity index is 852. The minimum atomic E-state index is -1.93. The van der Waals surface area contributed by atoms with E-state index in [2.05, 4.69) is 23.3 Å². The van der Waals surface area contributed by atoms with Gasteiger partial charge < -0.3 is 26.2 Å². The van der Waals surface area contributed by atoms with Crippen LogP contribution >= 0.6 is 0 Å². The first-order chi connectivity index (χ1) is 14.3. The number of hydrogen-bond donors (Lipinski definition) is 4. The molecule has 0 aromatic carbocycles. The molecule has 4 rings (SSSR count). The molecular weight excluding hydrogens is 384 g/mol. The van der Waals surface area contributed by atoms with Crippen molar-refractivity contribution in [1.82, 2.24) is 10.2 Å². The first kappa shape index (κ1) is 21.1. The van der Waals surface area contributed by atoms with Gasteiger partial charge in [0.15, 0.2) is 17.8 Å². The molecule has 1 heterocycles. The molecule has 30 heavy (non-hydrogen) atoms. The Morgan fingerprint density at radius 2 is 2.23 bits per heavy atom. The lowest BCUT2D eigenvalue weighted by Gasteiger charge is -2.57. The molecule has 164 valence electrons. The standard InChI is InChI=1S/C22H32N4O4/c1-14-4-5-15-10-16-17(18(28)29)21(30,13-27)11-22(14,16)20(15)6-3-9-26(12-20)19(23)25-8-7-24-2/h3,9,13-15,24,30H,4-8,10-12H2,1-2H3,(H2,23,25)(H,28,29). The maximum absolute atomic E-state index is 12.2. The van der Waals surface area contributed by atoms with Gasteiger partial charge in [0.05, 0.1) is 12.1 Å². The van der Waals surface area contributed by atoms with Crippen molar-refractivity contribution in [1.29, 1.82) is 0 Å². The average Bonchev–Trinajstić information content (AvgIpc) is 3.06. The molecule has 4 aliphatic rings. The van der Waals surface area contributed by atoms with Gasteiger partial charge in [-0.3, -0.25) is 9.79 Å².